The van der Waals surface area contributed by atoms with Crippen molar-refractivity contribution in [2.45, 2.75) is 12.8 Å². The molecule has 0 saturated heterocycles. The lowest BCUT2D eigenvalue weighted by Crippen LogP contribution is -2.41. The summed E-state index contributed by atoms with van der Waals surface area (Å²) in [5.74, 6) is 0. The Morgan fingerprint density at radius 2 is 1.17 bits per heavy atom. The molecule has 0 aromatic carbocycles. The molecule has 0 rings (SSSR count). The van der Waals surface area contributed by atoms with Gasteiger partial charge in [-0.15, -0.1) is 0 Å². The molecule has 136 valence electrons. The summed E-state index contributed by atoms with van der Waals surface area (Å²) in [5.41, 5.74) is 0. The van der Waals surface area contributed by atoms with Crippen molar-refractivity contribution in [1.29, 1.82) is 0 Å². The largest absolute Gasteiger partial charge is 0.399 e. The number of rotatable bonds is 14. The van der Waals surface area contributed by atoms with Crippen LogP contribution in [0.1, 0.15) is 12.8 Å². The zero-order valence-electron chi connectivity index (χ0n) is 15.2. The van der Waals surface area contributed by atoms with E-state index in [2.05, 4.69) is 41.3 Å². The van der Waals surface area contributed by atoms with Gasteiger partial charge in [0.05, 0.1) is 67.6 Å². The Hall–Kier alpha value is -0.730. The molecular formula is C16H34N2O4S+2. The predicted octanol–water partition coefficient (Wildman–Crippen LogP) is 1.57. The molecule has 0 aromatic rings. The maximum Gasteiger partial charge on any atom is 0.399 e. The number of nitrogens with zero attached hydrogens (tertiary/aromatic N) is 2. The lowest BCUT2D eigenvalue weighted by molar-refractivity contribution is -0.884. The van der Waals surface area contributed by atoms with Crippen LogP contribution in [0.4, 0.5) is 0 Å². The maximum absolute atomic E-state index is 11.6. The van der Waals surface area contributed by atoms with Gasteiger partial charge in [-0.2, -0.15) is 8.42 Å². The third kappa shape index (κ3) is 12.4. The van der Waals surface area contributed by atoms with Gasteiger partial charge in [0.25, 0.3) is 0 Å². The van der Waals surface area contributed by atoms with Crippen molar-refractivity contribution in [3.05, 3.63) is 25.3 Å². The van der Waals surface area contributed by atoms with Crippen LogP contribution in [0.2, 0.25) is 0 Å². The van der Waals surface area contributed by atoms with Crippen molar-refractivity contribution < 1.29 is 25.8 Å². The fourth-order valence-electron chi connectivity index (χ4n) is 2.22. The first-order chi connectivity index (χ1) is 10.5. The van der Waals surface area contributed by atoms with Gasteiger partial charge in [-0.05, 0) is 12.2 Å². The monoisotopic (exact) mass is 350 g/mol. The highest BCUT2D eigenvalue weighted by atomic mass is 32.3. The Balaban J connectivity index is 3.94. The third-order valence-corrected chi connectivity index (χ3v) is 4.43. The SMILES string of the molecule is C=CC[N+](C)(C)CCCOS(=O)(=O)OCCC[N+](C)(C)CC=C. The van der Waals surface area contributed by atoms with Gasteiger partial charge >= 0.3 is 10.4 Å². The number of hydrogen-bond acceptors (Lipinski definition) is 4. The van der Waals surface area contributed by atoms with Crippen molar-refractivity contribution in [3.8, 4) is 0 Å². The highest BCUT2D eigenvalue weighted by Gasteiger charge is 2.17. The molecule has 0 aliphatic carbocycles. The van der Waals surface area contributed by atoms with Crippen molar-refractivity contribution >= 4 is 10.4 Å². The normalized spacial score (nSPS) is 13.0. The average Bonchev–Trinajstić information content (AvgIpc) is 2.40. The van der Waals surface area contributed by atoms with Crippen molar-refractivity contribution in [2.75, 3.05) is 67.6 Å². The van der Waals surface area contributed by atoms with Gasteiger partial charge in [0.15, 0.2) is 0 Å². The van der Waals surface area contributed by atoms with Crippen LogP contribution in [-0.4, -0.2) is 85.0 Å². The van der Waals surface area contributed by atoms with Crippen LogP contribution < -0.4 is 0 Å². The molecule has 0 aliphatic rings. The second-order valence-electron chi connectivity index (χ2n) is 7.02. The van der Waals surface area contributed by atoms with E-state index < -0.39 is 10.4 Å². The molecule has 0 spiro atoms. The zero-order chi connectivity index (χ0) is 18.0. The average molecular weight is 351 g/mol. The van der Waals surface area contributed by atoms with E-state index in [9.17, 15) is 8.42 Å². The van der Waals surface area contributed by atoms with E-state index in [0.717, 1.165) is 35.1 Å². The summed E-state index contributed by atoms with van der Waals surface area (Å²) in [6.07, 6.45) is 5.00. The van der Waals surface area contributed by atoms with Crippen molar-refractivity contribution in [3.63, 3.8) is 0 Å². The Bertz CT molecular complexity index is 423. The molecule has 0 heterocycles. The highest BCUT2D eigenvalue weighted by Crippen LogP contribution is 2.05. The molecule has 0 N–H and O–H groups in total. The molecule has 0 amide bonds. The Morgan fingerprint density at radius 3 is 1.48 bits per heavy atom. The van der Waals surface area contributed by atoms with E-state index in [1.165, 1.54) is 0 Å². The van der Waals surface area contributed by atoms with Crippen LogP contribution in [-0.2, 0) is 18.8 Å². The molecule has 23 heavy (non-hydrogen) atoms. The van der Waals surface area contributed by atoms with E-state index in [4.69, 9.17) is 8.37 Å². The van der Waals surface area contributed by atoms with Gasteiger partial charge in [-0.1, -0.05) is 13.2 Å². The second kappa shape index (κ2) is 10.2. The minimum absolute atomic E-state index is 0.138. The minimum atomic E-state index is -3.90. The van der Waals surface area contributed by atoms with Crippen LogP contribution in [0, 0.1) is 0 Å². The van der Waals surface area contributed by atoms with Gasteiger partial charge in [0.1, 0.15) is 0 Å². The molecule has 0 radical (unpaired) electrons. The molecule has 0 saturated carbocycles. The smallest absolute Gasteiger partial charge is 0.325 e. The molecular weight excluding hydrogens is 316 g/mol. The topological polar surface area (TPSA) is 52.6 Å². The maximum atomic E-state index is 11.6. The third-order valence-electron chi connectivity index (χ3n) is 3.52. The molecule has 0 aliphatic heterocycles. The van der Waals surface area contributed by atoms with E-state index in [0.29, 0.717) is 12.8 Å². The zero-order valence-corrected chi connectivity index (χ0v) is 16.0. The van der Waals surface area contributed by atoms with E-state index in [-0.39, 0.29) is 13.2 Å². The summed E-state index contributed by atoms with van der Waals surface area (Å²) < 4.78 is 34.5. The van der Waals surface area contributed by atoms with Gasteiger partial charge in [-0.3, -0.25) is 0 Å². The summed E-state index contributed by atoms with van der Waals surface area (Å²) in [5, 5.41) is 0. The standard InChI is InChI=1S/C16H34N2O4S/c1-7-11-17(3,4)13-9-15-21-23(19,20)22-16-10-14-18(5,6)12-8-2/h7-8H,1-2,9-16H2,3-6H3/q+2. The highest BCUT2D eigenvalue weighted by molar-refractivity contribution is 7.81. The van der Waals surface area contributed by atoms with Gasteiger partial charge in [0.2, 0.25) is 0 Å². The first-order valence-corrected chi connectivity index (χ1v) is 9.26. The fourth-order valence-corrected chi connectivity index (χ4v) is 2.93. The van der Waals surface area contributed by atoms with Gasteiger partial charge in [-0.25, -0.2) is 8.37 Å². The molecule has 0 aromatic heterocycles. The van der Waals surface area contributed by atoms with Gasteiger partial charge in [0, 0.05) is 12.8 Å². The predicted molar refractivity (Wildman–Crippen MR) is 94.1 cm³/mol. The molecule has 0 atom stereocenters. The summed E-state index contributed by atoms with van der Waals surface area (Å²) in [7, 11) is 4.37. The first-order valence-electron chi connectivity index (χ1n) is 7.93. The van der Waals surface area contributed by atoms with Gasteiger partial charge < -0.3 is 8.97 Å². The van der Waals surface area contributed by atoms with Crippen molar-refractivity contribution in [2.24, 2.45) is 0 Å². The quantitative estimate of drug-likeness (QED) is 0.271. The molecule has 6 nitrogen and oxygen atoms in total. The minimum Gasteiger partial charge on any atom is -0.325 e. The van der Waals surface area contributed by atoms with E-state index >= 15 is 0 Å². The van der Waals surface area contributed by atoms with Crippen LogP contribution in [0.15, 0.2) is 25.3 Å². The lowest BCUT2D eigenvalue weighted by atomic mass is 10.3. The number of hydrogen-bond donors (Lipinski definition) is 0. The Morgan fingerprint density at radius 1 is 0.826 bits per heavy atom. The molecule has 0 bridgehead atoms. The Labute approximate surface area is 142 Å². The number of quaternary nitrogens is 2. The van der Waals surface area contributed by atoms with E-state index in [1.54, 1.807) is 0 Å². The van der Waals surface area contributed by atoms with E-state index in [1.807, 2.05) is 12.2 Å². The second-order valence-corrected chi connectivity index (χ2v) is 8.31. The first kappa shape index (κ1) is 22.3. The fraction of sp³-hybridized carbons (Fsp3) is 0.750. The van der Waals surface area contributed by atoms with Crippen LogP contribution in [0.25, 0.3) is 0 Å². The summed E-state index contributed by atoms with van der Waals surface area (Å²) in [4.78, 5) is 0. The number of likely N-dealkylation sites (N-methyl/N-ethyl adjacent to an activating group) is 2. The Kier molecular flexibility index (Phi) is 9.88. The summed E-state index contributed by atoms with van der Waals surface area (Å²) in [6, 6.07) is 0. The van der Waals surface area contributed by atoms with Crippen LogP contribution in [0.3, 0.4) is 0 Å². The molecule has 7 heteroatoms. The van der Waals surface area contributed by atoms with Crippen LogP contribution >= 0.6 is 0 Å². The summed E-state index contributed by atoms with van der Waals surface area (Å²) in [6.45, 7) is 11.0. The molecule has 0 fully saturated rings. The summed E-state index contributed by atoms with van der Waals surface area (Å²) >= 11 is 0. The molecule has 0 unspecified atom stereocenters. The van der Waals surface area contributed by atoms with Crippen molar-refractivity contribution in [1.82, 2.24) is 0 Å². The lowest BCUT2D eigenvalue weighted by Gasteiger charge is -2.28. The van der Waals surface area contributed by atoms with Crippen LogP contribution in [0.5, 0.6) is 0 Å².